The molecule has 5 nitrogen and oxygen atoms in total. The summed E-state index contributed by atoms with van der Waals surface area (Å²) in [7, 11) is 0. The van der Waals surface area contributed by atoms with Gasteiger partial charge in [-0.1, -0.05) is 12.1 Å². The molecule has 158 valence electrons. The van der Waals surface area contributed by atoms with Gasteiger partial charge >= 0.3 is 0 Å². The Bertz CT molecular complexity index is 890. The zero-order chi connectivity index (χ0) is 20.6. The second-order valence-electron chi connectivity index (χ2n) is 7.82. The molecule has 0 bridgehead atoms. The predicted molar refractivity (Wildman–Crippen MR) is 116 cm³/mol. The van der Waals surface area contributed by atoms with E-state index in [4.69, 9.17) is 13.9 Å². The van der Waals surface area contributed by atoms with Gasteiger partial charge < -0.3 is 13.9 Å². The predicted octanol–water partition coefficient (Wildman–Crippen LogP) is 5.60. The van der Waals surface area contributed by atoms with E-state index < -0.39 is 0 Å². The number of furan rings is 1. The molecule has 3 aromatic rings. The largest absolute Gasteiger partial charge is 0.490 e. The SMILES string of the molecule is CCOc1cc(CN(Cc2cccnc2)Cc2ccco2)ccc1OC1CCCC1. The first kappa shape index (κ1) is 20.5. The van der Waals surface area contributed by atoms with Crippen molar-refractivity contribution in [3.8, 4) is 11.5 Å². The fourth-order valence-corrected chi connectivity index (χ4v) is 4.00. The van der Waals surface area contributed by atoms with Crippen LogP contribution >= 0.6 is 0 Å². The van der Waals surface area contributed by atoms with Crippen LogP contribution in [0.2, 0.25) is 0 Å². The van der Waals surface area contributed by atoms with E-state index in [0.717, 1.165) is 49.7 Å². The lowest BCUT2D eigenvalue weighted by Crippen LogP contribution is -2.22. The lowest BCUT2D eigenvalue weighted by Gasteiger charge is -2.23. The second kappa shape index (κ2) is 10.3. The molecule has 30 heavy (non-hydrogen) atoms. The molecular formula is C25H30N2O3. The van der Waals surface area contributed by atoms with Crippen LogP contribution in [0.5, 0.6) is 11.5 Å². The lowest BCUT2D eigenvalue weighted by molar-refractivity contribution is 0.196. The molecule has 2 heterocycles. The molecule has 5 heteroatoms. The molecule has 0 spiro atoms. The van der Waals surface area contributed by atoms with E-state index in [1.165, 1.54) is 24.0 Å². The topological polar surface area (TPSA) is 47.7 Å². The quantitative estimate of drug-likeness (QED) is 0.439. The number of hydrogen-bond donors (Lipinski definition) is 0. The highest BCUT2D eigenvalue weighted by Crippen LogP contribution is 2.33. The van der Waals surface area contributed by atoms with E-state index in [9.17, 15) is 0 Å². The van der Waals surface area contributed by atoms with Crippen LogP contribution in [0, 0.1) is 0 Å². The number of benzene rings is 1. The minimum Gasteiger partial charge on any atom is -0.490 e. The first-order valence-electron chi connectivity index (χ1n) is 10.9. The van der Waals surface area contributed by atoms with Crippen LogP contribution in [0.25, 0.3) is 0 Å². The number of aromatic nitrogens is 1. The van der Waals surface area contributed by atoms with Gasteiger partial charge in [0.15, 0.2) is 11.5 Å². The van der Waals surface area contributed by atoms with Crippen LogP contribution in [0.4, 0.5) is 0 Å². The number of pyridine rings is 1. The lowest BCUT2D eigenvalue weighted by atomic mass is 10.1. The number of nitrogens with zero attached hydrogens (tertiary/aromatic N) is 2. The summed E-state index contributed by atoms with van der Waals surface area (Å²) in [6.07, 6.45) is 10.5. The van der Waals surface area contributed by atoms with Crippen molar-refractivity contribution in [1.29, 1.82) is 0 Å². The minimum atomic E-state index is 0.316. The third-order valence-electron chi connectivity index (χ3n) is 5.40. The van der Waals surface area contributed by atoms with Gasteiger partial charge in [-0.15, -0.1) is 0 Å². The Morgan fingerprint density at radius 1 is 1.00 bits per heavy atom. The molecule has 1 aliphatic carbocycles. The molecule has 2 aromatic heterocycles. The molecule has 0 aliphatic heterocycles. The molecule has 1 aliphatic rings. The highest BCUT2D eigenvalue weighted by Gasteiger charge is 2.19. The molecule has 4 rings (SSSR count). The Labute approximate surface area is 178 Å². The van der Waals surface area contributed by atoms with E-state index in [1.807, 2.05) is 31.3 Å². The summed E-state index contributed by atoms with van der Waals surface area (Å²) in [5.41, 5.74) is 2.36. The minimum absolute atomic E-state index is 0.316. The number of rotatable bonds is 10. The zero-order valence-corrected chi connectivity index (χ0v) is 17.6. The Morgan fingerprint density at radius 2 is 1.87 bits per heavy atom. The summed E-state index contributed by atoms with van der Waals surface area (Å²) in [5, 5.41) is 0. The van der Waals surface area contributed by atoms with Gasteiger partial charge in [0.05, 0.1) is 25.5 Å². The maximum absolute atomic E-state index is 6.24. The Balaban J connectivity index is 1.51. The van der Waals surface area contributed by atoms with Crippen molar-refractivity contribution in [3.63, 3.8) is 0 Å². The standard InChI is InChI=1S/C25H30N2O3/c1-2-28-25-15-20(11-12-24(25)30-22-8-3-4-9-22)17-27(19-23-10-6-14-29-23)18-21-7-5-13-26-16-21/h5-7,10-16,22H,2-4,8-9,17-19H2,1H3. The fourth-order valence-electron chi connectivity index (χ4n) is 4.00. The highest BCUT2D eigenvalue weighted by molar-refractivity contribution is 5.43. The Kier molecular flexibility index (Phi) is 7.03. The molecular weight excluding hydrogens is 376 g/mol. The first-order chi connectivity index (χ1) is 14.8. The third kappa shape index (κ3) is 5.63. The van der Waals surface area contributed by atoms with Crippen LogP contribution in [0.15, 0.2) is 65.5 Å². The summed E-state index contributed by atoms with van der Waals surface area (Å²) in [5.74, 6) is 2.64. The fraction of sp³-hybridized carbons (Fsp3) is 0.400. The van der Waals surface area contributed by atoms with Gasteiger partial charge in [-0.25, -0.2) is 0 Å². The van der Waals surface area contributed by atoms with Gasteiger partial charge in [0, 0.05) is 25.5 Å². The maximum atomic E-state index is 6.24. The van der Waals surface area contributed by atoms with Crippen LogP contribution in [0.3, 0.4) is 0 Å². The summed E-state index contributed by atoms with van der Waals surface area (Å²) in [6, 6.07) is 14.3. The van der Waals surface area contributed by atoms with Gasteiger partial charge in [-0.05, 0) is 74.1 Å². The molecule has 0 N–H and O–H groups in total. The summed E-state index contributed by atoms with van der Waals surface area (Å²) in [6.45, 7) is 4.93. The maximum Gasteiger partial charge on any atom is 0.161 e. The van der Waals surface area contributed by atoms with E-state index in [2.05, 4.69) is 34.1 Å². The Hall–Kier alpha value is -2.79. The average Bonchev–Trinajstić information content (AvgIpc) is 3.45. The van der Waals surface area contributed by atoms with Gasteiger partial charge in [-0.2, -0.15) is 0 Å². The smallest absolute Gasteiger partial charge is 0.161 e. The van der Waals surface area contributed by atoms with Gasteiger partial charge in [0.25, 0.3) is 0 Å². The van der Waals surface area contributed by atoms with E-state index in [-0.39, 0.29) is 0 Å². The molecule has 1 saturated carbocycles. The molecule has 0 unspecified atom stereocenters. The van der Waals surface area contributed by atoms with Gasteiger partial charge in [-0.3, -0.25) is 9.88 Å². The van der Waals surface area contributed by atoms with Gasteiger partial charge in [0.1, 0.15) is 5.76 Å². The van der Waals surface area contributed by atoms with E-state index in [1.54, 1.807) is 12.5 Å². The zero-order valence-electron chi connectivity index (χ0n) is 17.6. The highest BCUT2D eigenvalue weighted by atomic mass is 16.5. The average molecular weight is 407 g/mol. The van der Waals surface area contributed by atoms with Crippen molar-refractivity contribution < 1.29 is 13.9 Å². The summed E-state index contributed by atoms with van der Waals surface area (Å²) >= 11 is 0. The van der Waals surface area contributed by atoms with Crippen LogP contribution in [-0.4, -0.2) is 22.6 Å². The molecule has 0 saturated heterocycles. The van der Waals surface area contributed by atoms with Crippen molar-refractivity contribution in [2.24, 2.45) is 0 Å². The van der Waals surface area contributed by atoms with E-state index >= 15 is 0 Å². The molecule has 0 atom stereocenters. The number of ether oxygens (including phenoxy) is 2. The third-order valence-corrected chi connectivity index (χ3v) is 5.40. The Morgan fingerprint density at radius 3 is 2.60 bits per heavy atom. The monoisotopic (exact) mass is 406 g/mol. The van der Waals surface area contributed by atoms with E-state index in [0.29, 0.717) is 12.7 Å². The normalized spacial score (nSPS) is 14.3. The van der Waals surface area contributed by atoms with Crippen molar-refractivity contribution in [3.05, 3.63) is 78.0 Å². The first-order valence-corrected chi connectivity index (χ1v) is 10.9. The molecule has 1 aromatic carbocycles. The summed E-state index contributed by atoms with van der Waals surface area (Å²) < 4.78 is 17.8. The van der Waals surface area contributed by atoms with Crippen LogP contribution in [0.1, 0.15) is 49.5 Å². The molecule has 1 fully saturated rings. The second-order valence-corrected chi connectivity index (χ2v) is 7.82. The molecule has 0 amide bonds. The van der Waals surface area contributed by atoms with Crippen molar-refractivity contribution in [2.45, 2.75) is 58.3 Å². The van der Waals surface area contributed by atoms with Gasteiger partial charge in [0.2, 0.25) is 0 Å². The number of hydrogen-bond acceptors (Lipinski definition) is 5. The van der Waals surface area contributed by atoms with Crippen molar-refractivity contribution in [2.75, 3.05) is 6.61 Å². The van der Waals surface area contributed by atoms with Crippen LogP contribution in [-0.2, 0) is 19.6 Å². The van der Waals surface area contributed by atoms with Crippen molar-refractivity contribution in [1.82, 2.24) is 9.88 Å². The summed E-state index contributed by atoms with van der Waals surface area (Å²) in [4.78, 5) is 6.60. The molecule has 0 radical (unpaired) electrons. The van der Waals surface area contributed by atoms with Crippen molar-refractivity contribution >= 4 is 0 Å². The van der Waals surface area contributed by atoms with Crippen LogP contribution < -0.4 is 9.47 Å².